The minimum absolute atomic E-state index is 0.227. The molecule has 3 rings (SSSR count). The topological polar surface area (TPSA) is 55.4 Å². The number of unbranched alkanes of at least 4 members (excludes halogenated alkanes) is 1. The third kappa shape index (κ3) is 3.54. The number of hydrogen-bond acceptors (Lipinski definition) is 5. The van der Waals surface area contributed by atoms with Gasteiger partial charge in [-0.2, -0.15) is 0 Å². The van der Waals surface area contributed by atoms with Gasteiger partial charge in [-0.05, 0) is 18.6 Å². The molecular formula is C17H17NO3S2. The Morgan fingerprint density at radius 3 is 2.83 bits per heavy atom. The van der Waals surface area contributed by atoms with Gasteiger partial charge in [0, 0.05) is 21.3 Å². The Morgan fingerprint density at radius 2 is 2.00 bits per heavy atom. The molecule has 0 radical (unpaired) electrons. The van der Waals surface area contributed by atoms with Crippen LogP contribution >= 0.6 is 22.7 Å². The molecule has 0 fully saturated rings. The molecule has 4 nitrogen and oxygen atoms in total. The molecule has 0 unspecified atom stereocenters. The van der Waals surface area contributed by atoms with E-state index in [0.717, 1.165) is 27.6 Å². The molecule has 1 amide bonds. The monoisotopic (exact) mass is 347 g/mol. The summed E-state index contributed by atoms with van der Waals surface area (Å²) in [7, 11) is 0. The van der Waals surface area contributed by atoms with Gasteiger partial charge in [-0.15, -0.1) is 22.7 Å². The van der Waals surface area contributed by atoms with E-state index in [1.165, 1.54) is 16.0 Å². The maximum Gasteiger partial charge on any atom is 0.348 e. The summed E-state index contributed by atoms with van der Waals surface area (Å²) in [5.74, 6) is -0.691. The Labute approximate surface area is 142 Å². The van der Waals surface area contributed by atoms with Crippen LogP contribution in [0.25, 0.3) is 19.5 Å². The van der Waals surface area contributed by atoms with Gasteiger partial charge in [-0.3, -0.25) is 4.79 Å². The molecule has 0 spiro atoms. The average molecular weight is 347 g/mol. The number of fused-ring (bicyclic) bond motifs is 3. The maximum atomic E-state index is 12.1. The van der Waals surface area contributed by atoms with Crippen LogP contribution in [0.2, 0.25) is 0 Å². The summed E-state index contributed by atoms with van der Waals surface area (Å²) >= 11 is 3.08. The van der Waals surface area contributed by atoms with Gasteiger partial charge in [-0.1, -0.05) is 31.5 Å². The molecule has 120 valence electrons. The second-order valence-electron chi connectivity index (χ2n) is 5.18. The summed E-state index contributed by atoms with van der Waals surface area (Å²) in [6.45, 7) is 2.45. The minimum atomic E-state index is -0.437. The van der Waals surface area contributed by atoms with Crippen molar-refractivity contribution in [3.63, 3.8) is 0 Å². The van der Waals surface area contributed by atoms with E-state index in [-0.39, 0.29) is 12.5 Å². The summed E-state index contributed by atoms with van der Waals surface area (Å²) in [4.78, 5) is 24.2. The first-order valence-corrected chi connectivity index (χ1v) is 9.17. The summed E-state index contributed by atoms with van der Waals surface area (Å²) < 4.78 is 8.49. The Balaban J connectivity index is 1.66. The van der Waals surface area contributed by atoms with E-state index in [2.05, 4.69) is 24.4 Å². The lowest BCUT2D eigenvalue weighted by Gasteiger charge is -2.04. The molecule has 6 heteroatoms. The van der Waals surface area contributed by atoms with Crippen molar-refractivity contribution in [1.29, 1.82) is 0 Å². The van der Waals surface area contributed by atoms with E-state index >= 15 is 0 Å². The number of hydrogen-bond donors (Lipinski definition) is 1. The number of amides is 1. The minimum Gasteiger partial charge on any atom is -0.451 e. The molecule has 0 saturated carbocycles. The number of esters is 1. The fraction of sp³-hybridized carbons (Fsp3) is 0.294. The van der Waals surface area contributed by atoms with Crippen LogP contribution in [0.5, 0.6) is 0 Å². The van der Waals surface area contributed by atoms with Gasteiger partial charge < -0.3 is 10.1 Å². The number of rotatable bonds is 6. The van der Waals surface area contributed by atoms with Gasteiger partial charge in [-0.25, -0.2) is 4.79 Å². The summed E-state index contributed by atoms with van der Waals surface area (Å²) in [6, 6.07) is 9.98. The van der Waals surface area contributed by atoms with E-state index in [1.807, 2.05) is 18.2 Å². The number of nitrogens with one attached hydrogen (secondary N) is 1. The molecule has 0 bridgehead atoms. The average Bonchev–Trinajstić information content (AvgIpc) is 3.10. The van der Waals surface area contributed by atoms with Gasteiger partial charge in [0.15, 0.2) is 6.61 Å². The number of ether oxygens (including phenoxy) is 1. The lowest BCUT2D eigenvalue weighted by atomic mass is 10.2. The predicted molar refractivity (Wildman–Crippen MR) is 95.4 cm³/mol. The Kier molecular flexibility index (Phi) is 4.93. The first-order valence-electron chi connectivity index (χ1n) is 7.54. The van der Waals surface area contributed by atoms with Crippen molar-refractivity contribution in [1.82, 2.24) is 5.32 Å². The van der Waals surface area contributed by atoms with Crippen molar-refractivity contribution >= 4 is 54.0 Å². The second kappa shape index (κ2) is 7.10. The fourth-order valence-electron chi connectivity index (χ4n) is 2.26. The quantitative estimate of drug-likeness (QED) is 0.537. The lowest BCUT2D eigenvalue weighted by Crippen LogP contribution is -2.29. The van der Waals surface area contributed by atoms with Crippen molar-refractivity contribution in [3.8, 4) is 0 Å². The van der Waals surface area contributed by atoms with Crippen molar-refractivity contribution in [2.75, 3.05) is 13.2 Å². The summed E-state index contributed by atoms with van der Waals surface area (Å²) in [5, 5.41) is 3.89. The number of thiophene rings is 2. The summed E-state index contributed by atoms with van der Waals surface area (Å²) in [6.07, 6.45) is 1.94. The van der Waals surface area contributed by atoms with Crippen LogP contribution in [0.3, 0.4) is 0 Å². The van der Waals surface area contributed by atoms with Gasteiger partial charge in [0.25, 0.3) is 5.91 Å². The van der Waals surface area contributed by atoms with Crippen LogP contribution in [-0.4, -0.2) is 25.0 Å². The van der Waals surface area contributed by atoms with E-state index in [4.69, 9.17) is 4.74 Å². The highest BCUT2D eigenvalue weighted by atomic mass is 32.1. The zero-order valence-corrected chi connectivity index (χ0v) is 14.4. The molecule has 1 N–H and O–H groups in total. The highest BCUT2D eigenvalue weighted by Gasteiger charge is 2.16. The zero-order chi connectivity index (χ0) is 16.2. The van der Waals surface area contributed by atoms with E-state index in [1.54, 1.807) is 11.3 Å². The standard InChI is InChI=1S/C17H17NO3S2/c1-2-3-8-18-15(19)10-21-17(20)14-9-13-16(23-14)11-6-4-5-7-12(11)22-13/h4-7,9H,2-3,8,10H2,1H3,(H,18,19). The smallest absolute Gasteiger partial charge is 0.348 e. The normalized spacial score (nSPS) is 11.0. The third-order valence-electron chi connectivity index (χ3n) is 3.44. The fourth-order valence-corrected chi connectivity index (χ4v) is 4.68. The maximum absolute atomic E-state index is 12.1. The SMILES string of the molecule is CCCCNC(=O)COC(=O)c1cc2sc3ccccc3c2s1. The summed E-state index contributed by atoms with van der Waals surface area (Å²) in [5.41, 5.74) is 0. The molecule has 0 saturated heterocycles. The molecule has 1 aromatic carbocycles. The molecule has 2 aromatic heterocycles. The first-order chi connectivity index (χ1) is 11.2. The zero-order valence-electron chi connectivity index (χ0n) is 12.8. The van der Waals surface area contributed by atoms with Crippen LogP contribution in [0.1, 0.15) is 29.4 Å². The van der Waals surface area contributed by atoms with E-state index in [0.29, 0.717) is 11.4 Å². The largest absolute Gasteiger partial charge is 0.451 e. The van der Waals surface area contributed by atoms with Gasteiger partial charge in [0.1, 0.15) is 4.88 Å². The van der Waals surface area contributed by atoms with E-state index < -0.39 is 5.97 Å². The molecular weight excluding hydrogens is 330 g/mol. The Morgan fingerprint density at radius 1 is 1.17 bits per heavy atom. The Bertz CT molecular complexity index is 850. The predicted octanol–water partition coefficient (Wildman–Crippen LogP) is 4.19. The van der Waals surface area contributed by atoms with E-state index in [9.17, 15) is 9.59 Å². The molecule has 0 atom stereocenters. The number of benzene rings is 1. The van der Waals surface area contributed by atoms with Gasteiger partial charge >= 0.3 is 5.97 Å². The van der Waals surface area contributed by atoms with Crippen molar-refractivity contribution in [2.45, 2.75) is 19.8 Å². The molecule has 3 aromatic rings. The van der Waals surface area contributed by atoms with Crippen molar-refractivity contribution in [2.24, 2.45) is 0 Å². The molecule has 2 heterocycles. The third-order valence-corrected chi connectivity index (χ3v) is 5.83. The van der Waals surface area contributed by atoms with Gasteiger partial charge in [0.05, 0.1) is 4.70 Å². The first kappa shape index (κ1) is 16.0. The van der Waals surface area contributed by atoms with Crippen molar-refractivity contribution in [3.05, 3.63) is 35.2 Å². The van der Waals surface area contributed by atoms with Crippen LogP contribution in [0.15, 0.2) is 30.3 Å². The van der Waals surface area contributed by atoms with Crippen molar-refractivity contribution < 1.29 is 14.3 Å². The lowest BCUT2D eigenvalue weighted by molar-refractivity contribution is -0.124. The number of carbonyl (C=O) groups excluding carboxylic acids is 2. The molecule has 0 aliphatic heterocycles. The van der Waals surface area contributed by atoms with Crippen LogP contribution in [-0.2, 0) is 9.53 Å². The Hall–Kier alpha value is -1.92. The highest BCUT2D eigenvalue weighted by molar-refractivity contribution is 7.33. The highest BCUT2D eigenvalue weighted by Crippen LogP contribution is 2.39. The number of carbonyl (C=O) groups is 2. The molecule has 0 aliphatic carbocycles. The molecule has 23 heavy (non-hydrogen) atoms. The van der Waals surface area contributed by atoms with Crippen LogP contribution in [0, 0.1) is 0 Å². The van der Waals surface area contributed by atoms with Gasteiger partial charge in [0.2, 0.25) is 0 Å². The molecule has 0 aliphatic rings. The van der Waals surface area contributed by atoms with Crippen LogP contribution in [0.4, 0.5) is 0 Å². The van der Waals surface area contributed by atoms with Crippen LogP contribution < -0.4 is 5.32 Å². The second-order valence-corrected chi connectivity index (χ2v) is 7.32.